The Balaban J connectivity index is 1.56. The minimum absolute atomic E-state index is 0.109. The van der Waals surface area contributed by atoms with Gasteiger partial charge in [-0.1, -0.05) is 6.07 Å². The number of aromatic nitrogens is 1. The molecule has 6 nitrogen and oxygen atoms in total. The molecular formula is C16H19N3O3S. The molecule has 0 saturated carbocycles. The average Bonchev–Trinajstić information content (AvgIpc) is 3.09. The number of pyridine rings is 1. The van der Waals surface area contributed by atoms with Crippen molar-refractivity contribution in [2.75, 3.05) is 33.3 Å². The third kappa shape index (κ3) is 3.62. The first kappa shape index (κ1) is 15.8. The topological polar surface area (TPSA) is 65.6 Å². The van der Waals surface area contributed by atoms with Crippen molar-refractivity contribution in [3.8, 4) is 5.75 Å². The maximum absolute atomic E-state index is 12.3. The molecule has 7 heteroatoms. The van der Waals surface area contributed by atoms with E-state index in [4.69, 9.17) is 4.74 Å². The van der Waals surface area contributed by atoms with Crippen molar-refractivity contribution in [1.82, 2.24) is 14.8 Å². The number of ether oxygens (including phenoxy) is 1. The Labute approximate surface area is 138 Å². The Morgan fingerprint density at radius 2 is 2.13 bits per heavy atom. The molecule has 0 aliphatic carbocycles. The molecule has 0 radical (unpaired) electrons. The standard InChI is InChI=1S/C16H19N3O3S/c1-22-14-10-17-12(9-13(14)20)11-18-4-6-19(7-5-18)16(21)15-3-2-8-23-15/h2-3,8-10H,4-7,11H2,1H3,(H,17,20). The smallest absolute Gasteiger partial charge is 0.264 e. The second kappa shape index (κ2) is 6.97. The highest BCUT2D eigenvalue weighted by molar-refractivity contribution is 7.12. The largest absolute Gasteiger partial charge is 0.491 e. The van der Waals surface area contributed by atoms with Crippen molar-refractivity contribution in [3.63, 3.8) is 0 Å². The van der Waals surface area contributed by atoms with Crippen LogP contribution >= 0.6 is 11.3 Å². The molecule has 23 heavy (non-hydrogen) atoms. The van der Waals surface area contributed by atoms with Gasteiger partial charge in [0.25, 0.3) is 5.91 Å². The molecular weight excluding hydrogens is 314 g/mol. The van der Waals surface area contributed by atoms with Gasteiger partial charge in [-0.15, -0.1) is 11.3 Å². The highest BCUT2D eigenvalue weighted by Gasteiger charge is 2.22. The number of carbonyl (C=O) groups is 1. The minimum Gasteiger partial charge on any atom is -0.491 e. The van der Waals surface area contributed by atoms with Crippen molar-refractivity contribution < 1.29 is 9.53 Å². The Hall–Kier alpha value is -2.12. The lowest BCUT2D eigenvalue weighted by molar-refractivity contribution is 0.0631. The van der Waals surface area contributed by atoms with Crippen molar-refractivity contribution in [2.45, 2.75) is 6.54 Å². The summed E-state index contributed by atoms with van der Waals surface area (Å²) in [5.41, 5.74) is 0.738. The van der Waals surface area contributed by atoms with E-state index in [1.165, 1.54) is 18.4 Å². The predicted molar refractivity (Wildman–Crippen MR) is 89.1 cm³/mol. The average molecular weight is 333 g/mol. The molecule has 3 heterocycles. The van der Waals surface area contributed by atoms with Crippen LogP contribution in [-0.2, 0) is 6.54 Å². The molecule has 1 aliphatic heterocycles. The first-order valence-corrected chi connectivity index (χ1v) is 8.36. The number of hydrogen-bond donors (Lipinski definition) is 1. The predicted octanol–water partition coefficient (Wildman–Crippen LogP) is 1.40. The molecule has 3 rings (SSSR count). The van der Waals surface area contributed by atoms with Gasteiger partial charge in [-0.05, 0) is 11.4 Å². The quantitative estimate of drug-likeness (QED) is 0.919. The van der Waals surface area contributed by atoms with Crippen LogP contribution in [0.15, 0.2) is 34.6 Å². The van der Waals surface area contributed by atoms with E-state index in [9.17, 15) is 9.59 Å². The molecule has 2 aromatic heterocycles. The fraction of sp³-hybridized carbons (Fsp3) is 0.375. The lowest BCUT2D eigenvalue weighted by atomic mass is 10.2. The van der Waals surface area contributed by atoms with Crippen LogP contribution in [0.5, 0.6) is 5.75 Å². The summed E-state index contributed by atoms with van der Waals surface area (Å²) in [6.07, 6.45) is 1.59. The monoisotopic (exact) mass is 333 g/mol. The van der Waals surface area contributed by atoms with E-state index in [2.05, 4.69) is 9.88 Å². The van der Waals surface area contributed by atoms with Crippen molar-refractivity contribution >= 4 is 17.2 Å². The van der Waals surface area contributed by atoms with E-state index in [0.29, 0.717) is 25.4 Å². The summed E-state index contributed by atoms with van der Waals surface area (Å²) in [6, 6.07) is 5.33. The fourth-order valence-electron chi connectivity index (χ4n) is 2.66. The summed E-state index contributed by atoms with van der Waals surface area (Å²) < 4.78 is 4.97. The number of rotatable bonds is 4. The number of H-pyrrole nitrogens is 1. The number of hydrogen-bond acceptors (Lipinski definition) is 5. The van der Waals surface area contributed by atoms with E-state index in [-0.39, 0.29) is 11.3 Å². The van der Waals surface area contributed by atoms with Gasteiger partial charge in [-0.3, -0.25) is 14.5 Å². The van der Waals surface area contributed by atoms with Crippen LogP contribution in [0.25, 0.3) is 0 Å². The minimum atomic E-state index is -0.118. The first-order chi connectivity index (χ1) is 11.2. The van der Waals surface area contributed by atoms with Crippen LogP contribution < -0.4 is 10.2 Å². The number of carbonyl (C=O) groups excluding carboxylic acids is 1. The van der Waals surface area contributed by atoms with Crippen LogP contribution in [0, 0.1) is 0 Å². The highest BCUT2D eigenvalue weighted by Crippen LogP contribution is 2.14. The van der Waals surface area contributed by atoms with Gasteiger partial charge in [0.1, 0.15) is 0 Å². The third-order valence-electron chi connectivity index (χ3n) is 3.94. The summed E-state index contributed by atoms with van der Waals surface area (Å²) >= 11 is 1.48. The van der Waals surface area contributed by atoms with Crippen LogP contribution in [0.3, 0.4) is 0 Å². The highest BCUT2D eigenvalue weighted by atomic mass is 32.1. The SMILES string of the molecule is COc1c[nH]c(CN2CCN(C(=O)c3cccs3)CC2)cc1=O. The summed E-state index contributed by atoms with van der Waals surface area (Å²) in [7, 11) is 1.48. The first-order valence-electron chi connectivity index (χ1n) is 7.48. The van der Waals surface area contributed by atoms with Gasteiger partial charge in [0.15, 0.2) is 5.75 Å². The van der Waals surface area contributed by atoms with Gasteiger partial charge in [0, 0.05) is 50.7 Å². The summed E-state index contributed by atoms with van der Waals surface area (Å²) in [5, 5.41) is 1.92. The van der Waals surface area contributed by atoms with E-state index in [1.54, 1.807) is 12.3 Å². The van der Waals surface area contributed by atoms with Crippen LogP contribution in [0.2, 0.25) is 0 Å². The molecule has 1 aliphatic rings. The number of amides is 1. The zero-order valence-corrected chi connectivity index (χ0v) is 13.8. The molecule has 0 spiro atoms. The van der Waals surface area contributed by atoms with Gasteiger partial charge >= 0.3 is 0 Å². The molecule has 0 atom stereocenters. The molecule has 1 saturated heterocycles. The lowest BCUT2D eigenvalue weighted by Gasteiger charge is -2.34. The number of nitrogens with zero attached hydrogens (tertiary/aromatic N) is 2. The Bertz CT molecular complexity index is 718. The number of aromatic amines is 1. The van der Waals surface area contributed by atoms with Gasteiger partial charge in [-0.2, -0.15) is 0 Å². The molecule has 1 amide bonds. The van der Waals surface area contributed by atoms with Gasteiger partial charge in [-0.25, -0.2) is 0 Å². The molecule has 0 unspecified atom stereocenters. The Kier molecular flexibility index (Phi) is 4.78. The summed E-state index contributed by atoms with van der Waals surface area (Å²) in [5.74, 6) is 0.428. The summed E-state index contributed by atoms with van der Waals surface area (Å²) in [6.45, 7) is 3.67. The van der Waals surface area contributed by atoms with E-state index >= 15 is 0 Å². The zero-order chi connectivity index (χ0) is 16.2. The molecule has 2 aromatic rings. The van der Waals surface area contributed by atoms with Crippen LogP contribution in [-0.4, -0.2) is 54.0 Å². The maximum atomic E-state index is 12.3. The van der Waals surface area contributed by atoms with Gasteiger partial charge in [0.05, 0.1) is 12.0 Å². The van der Waals surface area contributed by atoms with Crippen molar-refractivity contribution in [1.29, 1.82) is 0 Å². The second-order valence-corrected chi connectivity index (χ2v) is 6.38. The van der Waals surface area contributed by atoms with Crippen LogP contribution in [0.4, 0.5) is 0 Å². The fourth-order valence-corrected chi connectivity index (χ4v) is 3.35. The second-order valence-electron chi connectivity index (χ2n) is 5.44. The van der Waals surface area contributed by atoms with Crippen LogP contribution in [0.1, 0.15) is 15.4 Å². The molecule has 0 bridgehead atoms. The normalized spacial score (nSPS) is 15.6. The zero-order valence-electron chi connectivity index (χ0n) is 12.9. The number of methoxy groups -OCH3 is 1. The van der Waals surface area contributed by atoms with E-state index in [0.717, 1.165) is 23.7 Å². The van der Waals surface area contributed by atoms with E-state index in [1.807, 2.05) is 22.4 Å². The summed E-state index contributed by atoms with van der Waals surface area (Å²) in [4.78, 5) is 32.1. The van der Waals surface area contributed by atoms with Gasteiger partial charge < -0.3 is 14.6 Å². The third-order valence-corrected chi connectivity index (χ3v) is 4.80. The Morgan fingerprint density at radius 3 is 2.74 bits per heavy atom. The lowest BCUT2D eigenvalue weighted by Crippen LogP contribution is -2.48. The van der Waals surface area contributed by atoms with Crippen molar-refractivity contribution in [3.05, 3.63) is 50.6 Å². The number of nitrogens with one attached hydrogen (secondary N) is 1. The maximum Gasteiger partial charge on any atom is 0.264 e. The Morgan fingerprint density at radius 1 is 1.35 bits per heavy atom. The van der Waals surface area contributed by atoms with Gasteiger partial charge in [0.2, 0.25) is 5.43 Å². The molecule has 1 N–H and O–H groups in total. The number of thiophene rings is 1. The molecule has 122 valence electrons. The number of piperazine rings is 1. The molecule has 1 fully saturated rings. The molecule has 0 aromatic carbocycles. The van der Waals surface area contributed by atoms with E-state index < -0.39 is 0 Å². The van der Waals surface area contributed by atoms with Crippen molar-refractivity contribution in [2.24, 2.45) is 0 Å².